The van der Waals surface area contributed by atoms with Crippen molar-refractivity contribution in [1.82, 2.24) is 15.6 Å². The van der Waals surface area contributed by atoms with E-state index in [1.165, 1.54) is 11.3 Å². The molecule has 0 spiro atoms. The zero-order valence-corrected chi connectivity index (χ0v) is 14.7. The van der Waals surface area contributed by atoms with Crippen LogP contribution in [0, 0.1) is 0 Å². The van der Waals surface area contributed by atoms with Gasteiger partial charge in [-0.1, -0.05) is 6.92 Å². The third-order valence-corrected chi connectivity index (χ3v) is 4.88. The summed E-state index contributed by atoms with van der Waals surface area (Å²) < 4.78 is 5.59. The van der Waals surface area contributed by atoms with E-state index in [4.69, 9.17) is 4.74 Å². The quantitative estimate of drug-likeness (QED) is 0.844. The summed E-state index contributed by atoms with van der Waals surface area (Å²) >= 11 is 1.49. The average molecular weight is 345 g/mol. The first-order valence-corrected chi connectivity index (χ1v) is 9.34. The van der Waals surface area contributed by atoms with E-state index in [2.05, 4.69) is 22.5 Å². The van der Waals surface area contributed by atoms with Gasteiger partial charge in [0.2, 0.25) is 0 Å². The fraction of sp³-hybridized carbons (Fsp3) is 0.444. The molecule has 128 valence electrons. The van der Waals surface area contributed by atoms with Gasteiger partial charge in [0.05, 0.1) is 6.61 Å². The number of benzene rings is 1. The van der Waals surface area contributed by atoms with Crippen LogP contribution in [-0.2, 0) is 0 Å². The summed E-state index contributed by atoms with van der Waals surface area (Å²) in [4.78, 5) is 16.8. The van der Waals surface area contributed by atoms with Gasteiger partial charge in [-0.2, -0.15) is 0 Å². The summed E-state index contributed by atoms with van der Waals surface area (Å²) in [5, 5.41) is 9.05. The fourth-order valence-electron chi connectivity index (χ4n) is 2.65. The first-order chi connectivity index (χ1) is 11.8. The number of ether oxygens (including phenoxy) is 1. The van der Waals surface area contributed by atoms with Gasteiger partial charge in [-0.3, -0.25) is 4.79 Å². The molecule has 2 heterocycles. The summed E-state index contributed by atoms with van der Waals surface area (Å²) in [7, 11) is 0. The Morgan fingerprint density at radius 1 is 1.33 bits per heavy atom. The van der Waals surface area contributed by atoms with Crippen LogP contribution in [0.5, 0.6) is 5.75 Å². The number of rotatable bonds is 6. The van der Waals surface area contributed by atoms with Crippen LogP contribution in [-0.4, -0.2) is 36.6 Å². The zero-order valence-electron chi connectivity index (χ0n) is 13.9. The fourth-order valence-corrected chi connectivity index (χ4v) is 3.46. The molecule has 3 rings (SSSR count). The van der Waals surface area contributed by atoms with Crippen LogP contribution in [0.4, 0.5) is 0 Å². The molecule has 0 bridgehead atoms. The minimum atomic E-state index is -0.0766. The normalized spacial score (nSPS) is 15.2. The molecule has 1 aliphatic heterocycles. The molecule has 0 atom stereocenters. The Kier molecular flexibility index (Phi) is 5.82. The van der Waals surface area contributed by atoms with Crippen LogP contribution >= 0.6 is 11.3 Å². The standard InChI is InChI=1S/C18H23N3O2S/c1-2-11-23-15-5-3-13(4-6-15)18-21-16(12-24-18)17(22)20-14-7-9-19-10-8-14/h3-6,12,14,19H,2,7-11H2,1H3,(H,20,22). The summed E-state index contributed by atoms with van der Waals surface area (Å²) in [6, 6.07) is 8.11. The second-order valence-corrected chi connectivity index (χ2v) is 6.77. The Labute approximate surface area is 146 Å². The zero-order chi connectivity index (χ0) is 16.8. The van der Waals surface area contributed by atoms with Gasteiger partial charge >= 0.3 is 0 Å². The minimum absolute atomic E-state index is 0.0766. The lowest BCUT2D eigenvalue weighted by Gasteiger charge is -2.23. The number of carbonyl (C=O) groups excluding carboxylic acids is 1. The molecule has 1 aromatic carbocycles. The van der Waals surface area contributed by atoms with Crippen LogP contribution in [0.2, 0.25) is 0 Å². The molecular formula is C18H23N3O2S. The highest BCUT2D eigenvalue weighted by Gasteiger charge is 2.18. The summed E-state index contributed by atoms with van der Waals surface area (Å²) in [6.07, 6.45) is 2.94. The van der Waals surface area contributed by atoms with Crippen molar-refractivity contribution in [2.24, 2.45) is 0 Å². The molecule has 6 heteroatoms. The van der Waals surface area contributed by atoms with Crippen LogP contribution in [0.1, 0.15) is 36.7 Å². The number of aromatic nitrogens is 1. The van der Waals surface area contributed by atoms with E-state index in [9.17, 15) is 4.79 Å². The lowest BCUT2D eigenvalue weighted by Crippen LogP contribution is -2.42. The van der Waals surface area contributed by atoms with E-state index in [-0.39, 0.29) is 11.9 Å². The number of thiazole rings is 1. The van der Waals surface area contributed by atoms with Gasteiger partial charge < -0.3 is 15.4 Å². The Morgan fingerprint density at radius 3 is 2.79 bits per heavy atom. The Hall–Kier alpha value is -1.92. The van der Waals surface area contributed by atoms with Gasteiger partial charge in [0.15, 0.2) is 0 Å². The maximum absolute atomic E-state index is 12.3. The van der Waals surface area contributed by atoms with Crippen LogP contribution in [0.25, 0.3) is 10.6 Å². The maximum atomic E-state index is 12.3. The molecule has 1 fully saturated rings. The Balaban J connectivity index is 1.62. The van der Waals surface area contributed by atoms with Crippen molar-refractivity contribution in [3.8, 4) is 16.3 Å². The number of carbonyl (C=O) groups is 1. The first-order valence-electron chi connectivity index (χ1n) is 8.46. The molecule has 0 unspecified atom stereocenters. The number of piperidine rings is 1. The number of amides is 1. The molecule has 1 aromatic heterocycles. The van der Waals surface area contributed by atoms with E-state index in [0.717, 1.165) is 55.3 Å². The van der Waals surface area contributed by atoms with Gasteiger partial charge in [-0.25, -0.2) is 4.98 Å². The number of hydrogen-bond acceptors (Lipinski definition) is 5. The molecule has 5 nitrogen and oxygen atoms in total. The maximum Gasteiger partial charge on any atom is 0.270 e. The second-order valence-electron chi connectivity index (χ2n) is 5.91. The third-order valence-electron chi connectivity index (χ3n) is 3.99. The monoisotopic (exact) mass is 345 g/mol. The molecule has 2 N–H and O–H groups in total. The van der Waals surface area contributed by atoms with Gasteiger partial charge in [0.25, 0.3) is 5.91 Å². The molecule has 0 saturated carbocycles. The van der Waals surface area contributed by atoms with Crippen molar-refractivity contribution in [1.29, 1.82) is 0 Å². The second kappa shape index (κ2) is 8.26. The van der Waals surface area contributed by atoms with Gasteiger partial charge in [0.1, 0.15) is 16.5 Å². The lowest BCUT2D eigenvalue weighted by molar-refractivity contribution is 0.0925. The largest absolute Gasteiger partial charge is 0.494 e. The topological polar surface area (TPSA) is 63.2 Å². The van der Waals surface area contributed by atoms with Crippen molar-refractivity contribution in [3.05, 3.63) is 35.3 Å². The van der Waals surface area contributed by atoms with Crippen molar-refractivity contribution in [2.45, 2.75) is 32.2 Å². The molecule has 2 aromatic rings. The van der Waals surface area contributed by atoms with E-state index < -0.39 is 0 Å². The molecule has 24 heavy (non-hydrogen) atoms. The summed E-state index contributed by atoms with van der Waals surface area (Å²) in [5.74, 6) is 0.785. The lowest BCUT2D eigenvalue weighted by atomic mass is 10.1. The number of nitrogens with zero attached hydrogens (tertiary/aromatic N) is 1. The van der Waals surface area contributed by atoms with Gasteiger partial charge in [-0.15, -0.1) is 11.3 Å². The highest BCUT2D eigenvalue weighted by atomic mass is 32.1. The van der Waals surface area contributed by atoms with Crippen LogP contribution < -0.4 is 15.4 Å². The number of nitrogens with one attached hydrogen (secondary N) is 2. The predicted octanol–water partition coefficient (Wildman–Crippen LogP) is 3.08. The highest BCUT2D eigenvalue weighted by molar-refractivity contribution is 7.13. The molecule has 0 aliphatic carbocycles. The smallest absolute Gasteiger partial charge is 0.270 e. The van der Waals surface area contributed by atoms with Crippen molar-refractivity contribution in [3.63, 3.8) is 0 Å². The van der Waals surface area contributed by atoms with Gasteiger partial charge in [-0.05, 0) is 56.6 Å². The average Bonchev–Trinajstić information content (AvgIpc) is 3.11. The van der Waals surface area contributed by atoms with Crippen molar-refractivity contribution < 1.29 is 9.53 Å². The molecule has 1 amide bonds. The van der Waals surface area contributed by atoms with Crippen LogP contribution in [0.3, 0.4) is 0 Å². The van der Waals surface area contributed by atoms with E-state index in [1.54, 1.807) is 0 Å². The summed E-state index contributed by atoms with van der Waals surface area (Å²) in [6.45, 7) is 4.72. The number of hydrogen-bond donors (Lipinski definition) is 2. The molecule has 1 aliphatic rings. The highest BCUT2D eigenvalue weighted by Crippen LogP contribution is 2.26. The third kappa shape index (κ3) is 4.33. The molecule has 0 radical (unpaired) electrons. The Bertz CT molecular complexity index is 663. The minimum Gasteiger partial charge on any atom is -0.494 e. The first kappa shape index (κ1) is 16.9. The van der Waals surface area contributed by atoms with E-state index >= 15 is 0 Å². The van der Waals surface area contributed by atoms with Crippen molar-refractivity contribution >= 4 is 17.2 Å². The SMILES string of the molecule is CCCOc1ccc(-c2nc(C(=O)NC3CCNCC3)cs2)cc1. The Morgan fingerprint density at radius 2 is 2.08 bits per heavy atom. The van der Waals surface area contributed by atoms with E-state index in [0.29, 0.717) is 5.69 Å². The van der Waals surface area contributed by atoms with Gasteiger partial charge in [0, 0.05) is 17.0 Å². The predicted molar refractivity (Wildman–Crippen MR) is 96.7 cm³/mol. The van der Waals surface area contributed by atoms with Crippen LogP contribution in [0.15, 0.2) is 29.6 Å². The van der Waals surface area contributed by atoms with Crippen molar-refractivity contribution in [2.75, 3.05) is 19.7 Å². The molecular weight excluding hydrogens is 322 g/mol. The molecule has 1 saturated heterocycles. The van der Waals surface area contributed by atoms with E-state index in [1.807, 2.05) is 29.6 Å². The summed E-state index contributed by atoms with van der Waals surface area (Å²) in [5.41, 5.74) is 1.50.